The average molecular weight is 332 g/mol. The fraction of sp³-hybridized carbons (Fsp3) is 0.375. The van der Waals surface area contributed by atoms with Crippen LogP contribution in [0.4, 0.5) is 0 Å². The Kier molecular flexibility index (Phi) is 5.18. The second-order valence-electron chi connectivity index (χ2n) is 5.59. The first kappa shape index (κ1) is 17.5. The quantitative estimate of drug-likeness (QED) is 0.810. The number of nitrogens with zero attached hydrogens (tertiary/aromatic N) is 3. The molecule has 0 saturated carbocycles. The van der Waals surface area contributed by atoms with Crippen LogP contribution in [0.15, 0.2) is 24.5 Å². The molecule has 1 atom stereocenters. The van der Waals surface area contributed by atoms with E-state index in [0.717, 1.165) is 5.56 Å². The number of carbonyl (C=O) groups is 3. The Morgan fingerprint density at radius 1 is 1.42 bits per heavy atom. The Labute approximate surface area is 139 Å². The molecule has 0 aromatic carbocycles. The molecule has 0 aliphatic heterocycles. The van der Waals surface area contributed by atoms with Crippen LogP contribution in [0.1, 0.15) is 29.9 Å². The monoisotopic (exact) mass is 332 g/mol. The molecule has 2 amide bonds. The van der Waals surface area contributed by atoms with E-state index < -0.39 is 17.9 Å². The van der Waals surface area contributed by atoms with Crippen molar-refractivity contribution in [2.75, 3.05) is 13.1 Å². The molecule has 2 aromatic rings. The van der Waals surface area contributed by atoms with Gasteiger partial charge in [-0.25, -0.2) is 9.78 Å². The van der Waals surface area contributed by atoms with Crippen molar-refractivity contribution in [3.05, 3.63) is 35.8 Å². The molecule has 8 nitrogen and oxygen atoms in total. The van der Waals surface area contributed by atoms with Crippen LogP contribution in [0.5, 0.6) is 0 Å². The van der Waals surface area contributed by atoms with Crippen molar-refractivity contribution >= 4 is 23.4 Å². The van der Waals surface area contributed by atoms with Gasteiger partial charge in [0.05, 0.1) is 0 Å². The van der Waals surface area contributed by atoms with Crippen molar-refractivity contribution in [3.8, 4) is 0 Å². The van der Waals surface area contributed by atoms with Crippen LogP contribution in [-0.2, 0) is 9.59 Å². The molecule has 0 radical (unpaired) electrons. The number of carboxylic acid groups (broad SMARTS) is 1. The highest BCUT2D eigenvalue weighted by Gasteiger charge is 2.27. The highest BCUT2D eigenvalue weighted by molar-refractivity contribution is 5.95. The summed E-state index contributed by atoms with van der Waals surface area (Å²) >= 11 is 0. The molecule has 128 valence electrons. The van der Waals surface area contributed by atoms with Crippen molar-refractivity contribution in [1.82, 2.24) is 19.6 Å². The van der Waals surface area contributed by atoms with Gasteiger partial charge in [0.2, 0.25) is 5.91 Å². The molecule has 2 rings (SSSR count). The van der Waals surface area contributed by atoms with Gasteiger partial charge in [0, 0.05) is 32.4 Å². The van der Waals surface area contributed by atoms with Gasteiger partial charge in [-0.05, 0) is 31.5 Å². The fourth-order valence-corrected chi connectivity index (χ4v) is 2.29. The van der Waals surface area contributed by atoms with Gasteiger partial charge in [0.25, 0.3) is 5.91 Å². The van der Waals surface area contributed by atoms with Crippen LogP contribution >= 0.6 is 0 Å². The van der Waals surface area contributed by atoms with Crippen molar-refractivity contribution in [3.63, 3.8) is 0 Å². The van der Waals surface area contributed by atoms with Gasteiger partial charge >= 0.3 is 5.97 Å². The van der Waals surface area contributed by atoms with E-state index in [0.29, 0.717) is 5.65 Å². The zero-order chi connectivity index (χ0) is 17.9. The van der Waals surface area contributed by atoms with Gasteiger partial charge in [-0.2, -0.15) is 0 Å². The van der Waals surface area contributed by atoms with Crippen molar-refractivity contribution in [1.29, 1.82) is 0 Å². The lowest BCUT2D eigenvalue weighted by molar-refractivity contribution is -0.141. The minimum absolute atomic E-state index is 0.0821. The number of carbonyl (C=O) groups excluding carboxylic acids is 2. The molecule has 0 fully saturated rings. The molecule has 0 spiro atoms. The Bertz CT molecular complexity index is 783. The first-order chi connectivity index (χ1) is 11.3. The van der Waals surface area contributed by atoms with Gasteiger partial charge in [-0.3, -0.25) is 9.59 Å². The maximum Gasteiger partial charge on any atom is 0.326 e. The summed E-state index contributed by atoms with van der Waals surface area (Å²) in [5, 5.41) is 11.8. The van der Waals surface area contributed by atoms with E-state index in [1.807, 2.05) is 19.1 Å². The van der Waals surface area contributed by atoms with Crippen LogP contribution < -0.4 is 5.32 Å². The Morgan fingerprint density at radius 2 is 2.12 bits per heavy atom. The second-order valence-corrected chi connectivity index (χ2v) is 5.59. The summed E-state index contributed by atoms with van der Waals surface area (Å²) < 4.78 is 1.71. The van der Waals surface area contributed by atoms with Crippen molar-refractivity contribution < 1.29 is 19.5 Å². The van der Waals surface area contributed by atoms with E-state index in [4.69, 9.17) is 0 Å². The molecule has 2 N–H and O–H groups in total. The largest absolute Gasteiger partial charge is 0.480 e. The third-order valence-corrected chi connectivity index (χ3v) is 3.65. The van der Waals surface area contributed by atoms with Gasteiger partial charge in [0.1, 0.15) is 17.4 Å². The van der Waals surface area contributed by atoms with Crippen LogP contribution in [0.3, 0.4) is 0 Å². The first-order valence-electron chi connectivity index (χ1n) is 7.53. The second kappa shape index (κ2) is 7.12. The third kappa shape index (κ3) is 3.89. The molecule has 8 heteroatoms. The molecule has 24 heavy (non-hydrogen) atoms. The third-order valence-electron chi connectivity index (χ3n) is 3.65. The number of amides is 2. The summed E-state index contributed by atoms with van der Waals surface area (Å²) in [4.78, 5) is 40.4. The maximum absolute atomic E-state index is 12.7. The number of hydrogen-bond donors (Lipinski definition) is 2. The summed E-state index contributed by atoms with van der Waals surface area (Å²) in [6.45, 7) is 4.96. The topological polar surface area (TPSA) is 104 Å². The van der Waals surface area contributed by atoms with Crippen molar-refractivity contribution in [2.24, 2.45) is 0 Å². The van der Waals surface area contributed by atoms with E-state index in [1.54, 1.807) is 16.8 Å². The minimum atomic E-state index is -1.12. The Balaban J connectivity index is 2.26. The molecular formula is C16H20N4O4. The smallest absolute Gasteiger partial charge is 0.326 e. The zero-order valence-corrected chi connectivity index (χ0v) is 13.8. The van der Waals surface area contributed by atoms with E-state index >= 15 is 0 Å². The number of aryl methyl sites for hydroxylation is 1. The SMILES string of the molecule is CC(=O)NCCN(C(=O)c1cn2ccc(C)cc2n1)C(C)C(=O)O. The van der Waals surface area contributed by atoms with Gasteiger partial charge < -0.3 is 19.7 Å². The lowest BCUT2D eigenvalue weighted by Gasteiger charge is -2.25. The van der Waals surface area contributed by atoms with Gasteiger partial charge in [-0.15, -0.1) is 0 Å². The Morgan fingerprint density at radius 3 is 2.75 bits per heavy atom. The van der Waals surface area contributed by atoms with Crippen LogP contribution in [0, 0.1) is 6.92 Å². The molecule has 0 bridgehead atoms. The predicted molar refractivity (Wildman–Crippen MR) is 86.7 cm³/mol. The van der Waals surface area contributed by atoms with E-state index in [-0.39, 0.29) is 24.7 Å². The van der Waals surface area contributed by atoms with Crippen LogP contribution in [-0.4, -0.2) is 56.3 Å². The van der Waals surface area contributed by atoms with E-state index in [9.17, 15) is 19.5 Å². The number of aromatic nitrogens is 2. The fourth-order valence-electron chi connectivity index (χ4n) is 2.29. The van der Waals surface area contributed by atoms with E-state index in [2.05, 4.69) is 10.3 Å². The number of pyridine rings is 1. The molecule has 1 unspecified atom stereocenters. The number of aliphatic carboxylic acids is 1. The first-order valence-corrected chi connectivity index (χ1v) is 7.53. The number of hydrogen-bond acceptors (Lipinski definition) is 4. The summed E-state index contributed by atoms with van der Waals surface area (Å²) in [6.07, 6.45) is 3.35. The maximum atomic E-state index is 12.7. The van der Waals surface area contributed by atoms with Crippen LogP contribution in [0.2, 0.25) is 0 Å². The van der Waals surface area contributed by atoms with Crippen LogP contribution in [0.25, 0.3) is 5.65 Å². The molecular weight excluding hydrogens is 312 g/mol. The molecule has 2 aromatic heterocycles. The lowest BCUT2D eigenvalue weighted by Crippen LogP contribution is -2.46. The molecule has 0 aliphatic rings. The van der Waals surface area contributed by atoms with Gasteiger partial charge in [-0.1, -0.05) is 0 Å². The molecule has 0 saturated heterocycles. The number of nitrogens with one attached hydrogen (secondary N) is 1. The summed E-state index contributed by atoms with van der Waals surface area (Å²) in [5.41, 5.74) is 1.79. The number of carboxylic acids is 1. The minimum Gasteiger partial charge on any atom is -0.480 e. The Hall–Kier alpha value is -2.90. The molecule has 0 aliphatic carbocycles. The zero-order valence-electron chi connectivity index (χ0n) is 13.8. The summed E-state index contributed by atoms with van der Waals surface area (Å²) in [6, 6.07) is 2.69. The number of rotatable bonds is 6. The number of imidazole rings is 1. The molecule has 2 heterocycles. The number of fused-ring (bicyclic) bond motifs is 1. The van der Waals surface area contributed by atoms with Gasteiger partial charge in [0.15, 0.2) is 0 Å². The predicted octanol–water partition coefficient (Wildman–Crippen LogP) is 0.694. The highest BCUT2D eigenvalue weighted by atomic mass is 16.4. The summed E-state index contributed by atoms with van der Waals surface area (Å²) in [7, 11) is 0. The van der Waals surface area contributed by atoms with E-state index in [1.165, 1.54) is 18.7 Å². The summed E-state index contributed by atoms with van der Waals surface area (Å²) in [5.74, 6) is -1.85. The highest BCUT2D eigenvalue weighted by Crippen LogP contribution is 2.12. The average Bonchev–Trinajstić information content (AvgIpc) is 2.93. The normalized spacial score (nSPS) is 12.0. The lowest BCUT2D eigenvalue weighted by atomic mass is 10.2. The van der Waals surface area contributed by atoms with Crippen molar-refractivity contribution in [2.45, 2.75) is 26.8 Å². The standard InChI is InChI=1S/C16H20N4O4/c1-10-4-6-19-9-13(18-14(19)8-10)15(22)20(11(2)16(23)24)7-5-17-12(3)21/h4,6,8-9,11H,5,7H2,1-3H3,(H,17,21)(H,23,24).